The van der Waals surface area contributed by atoms with Gasteiger partial charge in [-0.3, -0.25) is 0 Å². The molecule has 0 amide bonds. The number of nitrogen functional groups attached to an aromatic ring is 1. The third-order valence-electron chi connectivity index (χ3n) is 3.33. The molecule has 0 unspecified atom stereocenters. The minimum absolute atomic E-state index is 0.188. The van der Waals surface area contributed by atoms with Crippen molar-refractivity contribution in [1.29, 1.82) is 0 Å². The second-order valence-electron chi connectivity index (χ2n) is 5.18. The number of benzene rings is 1. The molecule has 3 rings (SSSR count). The topological polar surface area (TPSA) is 63.8 Å². The first kappa shape index (κ1) is 18.3. The molecule has 4 nitrogen and oxygen atoms in total. The van der Waals surface area contributed by atoms with Crippen LogP contribution in [0.3, 0.4) is 0 Å². The quantitative estimate of drug-likeness (QED) is 0.569. The largest absolute Gasteiger partial charge is 0.418 e. The van der Waals surface area contributed by atoms with Crippen LogP contribution in [0.1, 0.15) is 5.56 Å². The summed E-state index contributed by atoms with van der Waals surface area (Å²) >= 11 is 7.16. The molecule has 134 valence electrons. The zero-order valence-corrected chi connectivity index (χ0v) is 14.7. The summed E-state index contributed by atoms with van der Waals surface area (Å²) in [7, 11) is 0. The Morgan fingerprint density at radius 1 is 0.962 bits per heavy atom. The Morgan fingerprint density at radius 2 is 1.73 bits per heavy atom. The van der Waals surface area contributed by atoms with Crippen LogP contribution in [-0.2, 0) is 6.18 Å². The number of nitrogens with one attached hydrogen (secondary N) is 1. The highest BCUT2D eigenvalue weighted by molar-refractivity contribution is 8.00. The summed E-state index contributed by atoms with van der Waals surface area (Å²) in [5.74, 6) is 0.580. The first-order valence-corrected chi connectivity index (χ1v) is 8.52. The van der Waals surface area contributed by atoms with Crippen LogP contribution in [0.15, 0.2) is 59.6 Å². The molecule has 3 N–H and O–H groups in total. The molecule has 3 aromatic rings. The number of nitrogens with zero attached hydrogens (tertiary/aromatic N) is 2. The van der Waals surface area contributed by atoms with Crippen LogP contribution in [0.25, 0.3) is 11.3 Å². The van der Waals surface area contributed by atoms with E-state index >= 15 is 0 Å². The first-order chi connectivity index (χ1) is 12.3. The molecule has 2 heterocycles. The zero-order chi connectivity index (χ0) is 18.7. The number of anilines is 2. The summed E-state index contributed by atoms with van der Waals surface area (Å²) in [6, 6.07) is 13.6. The Kier molecular flexibility index (Phi) is 5.24. The zero-order valence-electron chi connectivity index (χ0n) is 13.1. The van der Waals surface area contributed by atoms with E-state index in [1.807, 2.05) is 0 Å². The fourth-order valence-corrected chi connectivity index (χ4v) is 3.04. The molecule has 0 bridgehead atoms. The van der Waals surface area contributed by atoms with Crippen LogP contribution in [0.4, 0.5) is 24.8 Å². The number of alkyl halides is 3. The molecule has 0 spiro atoms. The van der Waals surface area contributed by atoms with E-state index in [1.54, 1.807) is 30.3 Å². The van der Waals surface area contributed by atoms with Crippen molar-refractivity contribution in [2.45, 2.75) is 11.2 Å². The lowest BCUT2D eigenvalue weighted by molar-refractivity contribution is -0.137. The van der Waals surface area contributed by atoms with Crippen LogP contribution < -0.4 is 10.5 Å². The molecule has 0 aliphatic heterocycles. The van der Waals surface area contributed by atoms with Crippen LogP contribution in [0.5, 0.6) is 0 Å². The van der Waals surface area contributed by atoms with Crippen LogP contribution in [0, 0.1) is 0 Å². The third-order valence-corrected chi connectivity index (χ3v) is 4.41. The second kappa shape index (κ2) is 7.43. The molecule has 0 saturated heterocycles. The Morgan fingerprint density at radius 3 is 2.42 bits per heavy atom. The molecule has 9 heteroatoms. The van der Waals surface area contributed by atoms with Gasteiger partial charge in [0.2, 0.25) is 0 Å². The lowest BCUT2D eigenvalue weighted by Gasteiger charge is -2.15. The van der Waals surface area contributed by atoms with Crippen molar-refractivity contribution in [2.75, 3.05) is 10.5 Å². The van der Waals surface area contributed by atoms with E-state index in [2.05, 4.69) is 14.7 Å². The van der Waals surface area contributed by atoms with E-state index in [0.717, 1.165) is 18.0 Å². The number of nitrogens with two attached hydrogens (primary N) is 1. The predicted octanol–water partition coefficient (Wildman–Crippen LogP) is 5.52. The summed E-state index contributed by atoms with van der Waals surface area (Å²) in [6.45, 7) is 0. The smallest absolute Gasteiger partial charge is 0.384 e. The molecule has 0 aliphatic rings. The third kappa shape index (κ3) is 4.20. The van der Waals surface area contributed by atoms with Crippen LogP contribution in [-0.4, -0.2) is 9.97 Å². The Balaban J connectivity index is 1.96. The molecular weight excluding hydrogens is 385 g/mol. The standard InChI is InChI=1S/C17H12ClF3N4S/c18-12-5-2-1-4-10(12)16-11(17(19,20)21)8-9-14(24-16)25-26-15-7-3-6-13(22)23-15/h1-9H,(H2,22,23)(H,24,25). The Labute approximate surface area is 156 Å². The van der Waals surface area contributed by atoms with Gasteiger partial charge < -0.3 is 10.5 Å². The van der Waals surface area contributed by atoms with Gasteiger partial charge in [-0.05, 0) is 30.3 Å². The average Bonchev–Trinajstić information content (AvgIpc) is 2.59. The molecule has 0 fully saturated rings. The fourth-order valence-electron chi connectivity index (χ4n) is 2.20. The lowest BCUT2D eigenvalue weighted by Crippen LogP contribution is -2.09. The van der Waals surface area contributed by atoms with Gasteiger partial charge >= 0.3 is 6.18 Å². The van der Waals surface area contributed by atoms with Gasteiger partial charge in [-0.2, -0.15) is 13.2 Å². The normalized spacial score (nSPS) is 11.4. The maximum Gasteiger partial charge on any atom is 0.418 e. The second-order valence-corrected chi connectivity index (χ2v) is 6.41. The monoisotopic (exact) mass is 396 g/mol. The van der Waals surface area contributed by atoms with E-state index < -0.39 is 11.7 Å². The van der Waals surface area contributed by atoms with Crippen molar-refractivity contribution >= 4 is 35.2 Å². The summed E-state index contributed by atoms with van der Waals surface area (Å²) < 4.78 is 43.0. The molecule has 0 radical (unpaired) electrons. The predicted molar refractivity (Wildman–Crippen MR) is 97.8 cm³/mol. The number of aromatic nitrogens is 2. The summed E-state index contributed by atoms with van der Waals surface area (Å²) in [4.78, 5) is 8.20. The Bertz CT molecular complexity index is 934. The lowest BCUT2D eigenvalue weighted by atomic mass is 10.1. The van der Waals surface area contributed by atoms with E-state index in [9.17, 15) is 13.2 Å². The molecule has 26 heavy (non-hydrogen) atoms. The molecule has 2 aromatic heterocycles. The number of hydrogen-bond acceptors (Lipinski definition) is 5. The summed E-state index contributed by atoms with van der Waals surface area (Å²) in [5, 5.41) is 0.749. The van der Waals surface area contributed by atoms with Crippen molar-refractivity contribution in [1.82, 2.24) is 9.97 Å². The van der Waals surface area contributed by atoms with E-state index in [-0.39, 0.29) is 22.1 Å². The maximum absolute atomic E-state index is 13.4. The van der Waals surface area contributed by atoms with Crippen molar-refractivity contribution in [2.24, 2.45) is 0 Å². The van der Waals surface area contributed by atoms with E-state index in [0.29, 0.717) is 10.8 Å². The van der Waals surface area contributed by atoms with E-state index in [4.69, 9.17) is 17.3 Å². The number of rotatable bonds is 4. The highest BCUT2D eigenvalue weighted by Crippen LogP contribution is 2.39. The van der Waals surface area contributed by atoms with Crippen molar-refractivity contribution in [3.63, 3.8) is 0 Å². The van der Waals surface area contributed by atoms with Gasteiger partial charge in [-0.15, -0.1) is 0 Å². The summed E-state index contributed by atoms with van der Waals surface area (Å²) in [6.07, 6.45) is -4.55. The minimum atomic E-state index is -4.55. The average molecular weight is 397 g/mol. The highest BCUT2D eigenvalue weighted by Gasteiger charge is 2.35. The van der Waals surface area contributed by atoms with Gasteiger partial charge in [0.25, 0.3) is 0 Å². The van der Waals surface area contributed by atoms with Crippen molar-refractivity contribution < 1.29 is 13.2 Å². The summed E-state index contributed by atoms with van der Waals surface area (Å²) in [5.41, 5.74) is 4.71. The van der Waals surface area contributed by atoms with Gasteiger partial charge in [0.1, 0.15) is 16.7 Å². The van der Waals surface area contributed by atoms with Gasteiger partial charge in [0, 0.05) is 22.5 Å². The first-order valence-electron chi connectivity index (χ1n) is 7.33. The fraction of sp³-hybridized carbons (Fsp3) is 0.0588. The van der Waals surface area contributed by atoms with Gasteiger partial charge in [-0.1, -0.05) is 35.9 Å². The van der Waals surface area contributed by atoms with Crippen LogP contribution in [0.2, 0.25) is 5.02 Å². The van der Waals surface area contributed by atoms with E-state index in [1.165, 1.54) is 18.2 Å². The molecular formula is C17H12ClF3N4S. The molecule has 0 atom stereocenters. The maximum atomic E-state index is 13.4. The number of hydrogen-bond donors (Lipinski definition) is 2. The minimum Gasteiger partial charge on any atom is -0.384 e. The van der Waals surface area contributed by atoms with Crippen molar-refractivity contribution in [3.05, 3.63) is 65.2 Å². The number of halogens is 4. The van der Waals surface area contributed by atoms with Gasteiger partial charge in [0.15, 0.2) is 0 Å². The van der Waals surface area contributed by atoms with Crippen molar-refractivity contribution in [3.8, 4) is 11.3 Å². The SMILES string of the molecule is Nc1cccc(SNc2ccc(C(F)(F)F)c(-c3ccccc3Cl)n2)n1. The molecule has 1 aromatic carbocycles. The highest BCUT2D eigenvalue weighted by atomic mass is 35.5. The Hall–Kier alpha value is -2.45. The van der Waals surface area contributed by atoms with Gasteiger partial charge in [-0.25, -0.2) is 9.97 Å². The van der Waals surface area contributed by atoms with Crippen LogP contribution >= 0.6 is 23.5 Å². The molecule has 0 saturated carbocycles. The van der Waals surface area contributed by atoms with Gasteiger partial charge in [0.05, 0.1) is 11.3 Å². The molecule has 0 aliphatic carbocycles. The number of pyridine rings is 2.